The summed E-state index contributed by atoms with van der Waals surface area (Å²) < 4.78 is 15.9. The highest BCUT2D eigenvalue weighted by molar-refractivity contribution is 5.60. The molecule has 1 aromatic carbocycles. The van der Waals surface area contributed by atoms with Gasteiger partial charge in [-0.15, -0.1) is 0 Å². The van der Waals surface area contributed by atoms with Gasteiger partial charge in [0.1, 0.15) is 0 Å². The largest absolute Gasteiger partial charge is 0.369 e. The van der Waals surface area contributed by atoms with Crippen LogP contribution in [0, 0.1) is 5.82 Å². The maximum Gasteiger partial charge on any atom is 0.255 e. The molecular formula is C26H32FN7O. The number of likely N-dealkylation sites (N-methyl/N-ethyl adjacent to an activating group) is 2. The van der Waals surface area contributed by atoms with Gasteiger partial charge in [-0.25, -0.2) is 9.37 Å². The first-order valence-electron chi connectivity index (χ1n) is 12.1. The molecule has 35 heavy (non-hydrogen) atoms. The molecule has 8 nitrogen and oxygen atoms in total. The van der Waals surface area contributed by atoms with Crippen LogP contribution in [0.5, 0.6) is 0 Å². The first-order chi connectivity index (χ1) is 16.9. The third kappa shape index (κ3) is 4.78. The zero-order valence-electron chi connectivity index (χ0n) is 20.6. The van der Waals surface area contributed by atoms with Crippen LogP contribution < -0.4 is 15.4 Å². The molecule has 2 saturated heterocycles. The van der Waals surface area contributed by atoms with Crippen molar-refractivity contribution in [1.29, 1.82) is 0 Å². The number of rotatable bonds is 4. The fourth-order valence-corrected chi connectivity index (χ4v) is 4.92. The van der Waals surface area contributed by atoms with Crippen molar-refractivity contribution in [3.8, 4) is 11.3 Å². The van der Waals surface area contributed by atoms with E-state index < -0.39 is 5.82 Å². The second kappa shape index (κ2) is 9.75. The molecule has 0 amide bonds. The molecule has 0 radical (unpaired) electrons. The quantitative estimate of drug-likeness (QED) is 0.571. The topological polar surface area (TPSA) is 60.7 Å². The van der Waals surface area contributed by atoms with Gasteiger partial charge in [-0.1, -0.05) is 12.1 Å². The zero-order chi connectivity index (χ0) is 24.5. The molecule has 0 bridgehead atoms. The summed E-state index contributed by atoms with van der Waals surface area (Å²) >= 11 is 0. The monoisotopic (exact) mass is 477 g/mol. The normalized spacial score (nSPS) is 19.8. The molecule has 1 atom stereocenters. The van der Waals surface area contributed by atoms with E-state index in [4.69, 9.17) is 4.98 Å². The predicted octanol–water partition coefficient (Wildman–Crippen LogP) is 2.23. The van der Waals surface area contributed by atoms with Crippen molar-refractivity contribution in [2.75, 3.05) is 69.7 Å². The molecule has 0 unspecified atom stereocenters. The van der Waals surface area contributed by atoms with Gasteiger partial charge in [0.05, 0.1) is 17.9 Å². The summed E-state index contributed by atoms with van der Waals surface area (Å²) in [5, 5.41) is 0. The Kier molecular flexibility index (Phi) is 6.53. The Hall–Kier alpha value is -3.30. The molecule has 9 heteroatoms. The van der Waals surface area contributed by atoms with Gasteiger partial charge in [-0.2, -0.15) is 0 Å². The van der Waals surface area contributed by atoms with Crippen LogP contribution in [0.15, 0.2) is 53.6 Å². The Morgan fingerprint density at radius 2 is 1.63 bits per heavy atom. The lowest BCUT2D eigenvalue weighted by atomic mass is 10.0. The zero-order valence-corrected chi connectivity index (χ0v) is 20.6. The lowest BCUT2D eigenvalue weighted by Crippen LogP contribution is -2.48. The number of aromatic nitrogens is 3. The smallest absolute Gasteiger partial charge is 0.255 e. The van der Waals surface area contributed by atoms with Gasteiger partial charge in [0.2, 0.25) is 5.95 Å². The van der Waals surface area contributed by atoms with Crippen LogP contribution in [0.25, 0.3) is 11.3 Å². The van der Waals surface area contributed by atoms with Crippen LogP contribution in [0.3, 0.4) is 0 Å². The van der Waals surface area contributed by atoms with Crippen molar-refractivity contribution in [2.24, 2.45) is 7.05 Å². The van der Waals surface area contributed by atoms with Gasteiger partial charge in [0.15, 0.2) is 5.82 Å². The number of anilines is 2. The number of piperazine rings is 2. The fourth-order valence-electron chi connectivity index (χ4n) is 4.92. The van der Waals surface area contributed by atoms with Crippen LogP contribution in [0.2, 0.25) is 0 Å². The van der Waals surface area contributed by atoms with Crippen LogP contribution in [-0.4, -0.2) is 84.2 Å². The van der Waals surface area contributed by atoms with E-state index in [2.05, 4.69) is 62.9 Å². The number of nitrogens with zero attached hydrogens (tertiary/aromatic N) is 7. The van der Waals surface area contributed by atoms with E-state index in [1.54, 1.807) is 17.7 Å². The average molecular weight is 478 g/mol. The molecular weight excluding hydrogens is 445 g/mol. The molecule has 0 saturated carbocycles. The summed E-state index contributed by atoms with van der Waals surface area (Å²) in [5.74, 6) is 0.0618. The van der Waals surface area contributed by atoms with Gasteiger partial charge in [0.25, 0.3) is 5.56 Å². The molecule has 184 valence electrons. The predicted molar refractivity (Wildman–Crippen MR) is 136 cm³/mol. The summed E-state index contributed by atoms with van der Waals surface area (Å²) in [5.41, 5.74) is 2.89. The number of hydrogen-bond donors (Lipinski definition) is 0. The van der Waals surface area contributed by atoms with Crippen LogP contribution >= 0.6 is 0 Å². The number of halogens is 1. The van der Waals surface area contributed by atoms with Gasteiger partial charge in [-0.3, -0.25) is 19.2 Å². The van der Waals surface area contributed by atoms with Crippen molar-refractivity contribution >= 4 is 11.6 Å². The molecule has 0 N–H and O–H groups in total. The Bertz CT molecular complexity index is 1240. The van der Waals surface area contributed by atoms with Crippen LogP contribution in [0.4, 0.5) is 16.0 Å². The minimum atomic E-state index is -0.490. The lowest BCUT2D eigenvalue weighted by molar-refractivity contribution is 0.219. The van der Waals surface area contributed by atoms with E-state index >= 15 is 0 Å². The molecule has 0 spiro atoms. The SMILES string of the molecule is CN1CCN(c2ccc([C@H]3CN(c4nc(-c5ccncc5F)cc(=O)n4C)CCN3C)cc2)CC1. The summed E-state index contributed by atoms with van der Waals surface area (Å²) in [6.45, 7) is 6.49. The standard InChI is InChI=1S/C26H32FN7O/c1-30-10-13-33(14-11-30)20-6-4-19(5-7-20)24-18-34(15-12-31(24)2)26-29-23(16-25(35)32(26)3)21-8-9-28-17-22(21)27/h4-9,16-17,24H,10-15,18H2,1-3H3/t24-/m1/s1. The minimum absolute atomic E-state index is 0.156. The third-order valence-corrected chi connectivity index (χ3v) is 7.24. The molecule has 0 aliphatic carbocycles. The van der Waals surface area contributed by atoms with Crippen molar-refractivity contribution in [3.63, 3.8) is 0 Å². The second-order valence-electron chi connectivity index (χ2n) is 9.52. The van der Waals surface area contributed by atoms with Crippen molar-refractivity contribution in [3.05, 3.63) is 70.5 Å². The number of benzene rings is 1. The van der Waals surface area contributed by atoms with Crippen LogP contribution in [-0.2, 0) is 7.05 Å². The Balaban J connectivity index is 1.39. The molecule has 2 fully saturated rings. The molecule has 3 aromatic rings. The third-order valence-electron chi connectivity index (χ3n) is 7.24. The van der Waals surface area contributed by atoms with E-state index in [1.165, 1.54) is 23.5 Å². The molecule has 2 aliphatic heterocycles. The first-order valence-corrected chi connectivity index (χ1v) is 12.1. The number of pyridine rings is 1. The van der Waals surface area contributed by atoms with Gasteiger partial charge < -0.3 is 14.7 Å². The fraction of sp³-hybridized carbons (Fsp3) is 0.423. The Morgan fingerprint density at radius 1 is 0.914 bits per heavy atom. The van der Waals surface area contributed by atoms with Gasteiger partial charge in [-0.05, 0) is 37.9 Å². The summed E-state index contributed by atoms with van der Waals surface area (Å²) in [4.78, 5) is 30.5. The maximum absolute atomic E-state index is 14.4. The van der Waals surface area contributed by atoms with Gasteiger partial charge in [0, 0.05) is 76.4 Å². The highest BCUT2D eigenvalue weighted by Crippen LogP contribution is 2.29. The average Bonchev–Trinajstić information content (AvgIpc) is 2.87. The molecule has 4 heterocycles. The summed E-state index contributed by atoms with van der Waals surface area (Å²) in [6, 6.07) is 12.0. The second-order valence-corrected chi connectivity index (χ2v) is 9.52. The molecule has 2 aromatic heterocycles. The van der Waals surface area contributed by atoms with E-state index in [1.807, 2.05) is 0 Å². The lowest BCUT2D eigenvalue weighted by Gasteiger charge is -2.40. The first kappa shape index (κ1) is 23.4. The van der Waals surface area contributed by atoms with E-state index in [-0.39, 0.29) is 17.2 Å². The Morgan fingerprint density at radius 3 is 2.34 bits per heavy atom. The van der Waals surface area contributed by atoms with E-state index in [9.17, 15) is 9.18 Å². The number of hydrogen-bond acceptors (Lipinski definition) is 7. The highest BCUT2D eigenvalue weighted by atomic mass is 19.1. The summed E-state index contributed by atoms with van der Waals surface area (Å²) in [7, 11) is 6.01. The van der Waals surface area contributed by atoms with E-state index in [0.29, 0.717) is 18.2 Å². The maximum atomic E-state index is 14.4. The van der Waals surface area contributed by atoms with Crippen LogP contribution in [0.1, 0.15) is 11.6 Å². The van der Waals surface area contributed by atoms with Gasteiger partial charge >= 0.3 is 0 Å². The Labute approximate surface area is 205 Å². The van der Waals surface area contributed by atoms with E-state index in [0.717, 1.165) is 45.5 Å². The minimum Gasteiger partial charge on any atom is -0.369 e. The summed E-state index contributed by atoms with van der Waals surface area (Å²) in [6.07, 6.45) is 2.65. The van der Waals surface area contributed by atoms with Crippen molar-refractivity contribution in [1.82, 2.24) is 24.3 Å². The highest BCUT2D eigenvalue weighted by Gasteiger charge is 2.28. The van der Waals surface area contributed by atoms with Crippen molar-refractivity contribution < 1.29 is 4.39 Å². The molecule has 2 aliphatic rings. The molecule has 5 rings (SSSR count). The van der Waals surface area contributed by atoms with Crippen molar-refractivity contribution in [2.45, 2.75) is 6.04 Å².